The molecule has 1 aromatic carbocycles. The second-order valence-corrected chi connectivity index (χ2v) is 5.65. The molecule has 1 aromatic rings. The summed E-state index contributed by atoms with van der Waals surface area (Å²) in [7, 11) is 0. The zero-order valence-corrected chi connectivity index (χ0v) is 12.2. The van der Waals surface area contributed by atoms with Gasteiger partial charge in [0, 0.05) is 13.0 Å². The monoisotopic (exact) mass is 294 g/mol. The van der Waals surface area contributed by atoms with E-state index in [0.29, 0.717) is 31.7 Å². The quantitative estimate of drug-likeness (QED) is 0.759. The number of nitrogens with one attached hydrogen (secondary N) is 1. The van der Waals surface area contributed by atoms with E-state index < -0.39 is 0 Å². The Balaban J connectivity index is 1.66. The van der Waals surface area contributed by atoms with Gasteiger partial charge in [0.05, 0.1) is 12.1 Å². The van der Waals surface area contributed by atoms with Gasteiger partial charge in [-0.3, -0.25) is 4.79 Å². The number of amides is 1. The van der Waals surface area contributed by atoms with Crippen LogP contribution in [-0.4, -0.2) is 24.6 Å². The van der Waals surface area contributed by atoms with E-state index in [0.717, 1.165) is 25.7 Å². The van der Waals surface area contributed by atoms with Gasteiger partial charge in [-0.2, -0.15) is 0 Å². The molecular weight excluding hydrogens is 271 g/mol. The van der Waals surface area contributed by atoms with Crippen LogP contribution in [-0.2, 0) is 4.79 Å². The lowest BCUT2D eigenvalue weighted by molar-refractivity contribution is -0.123. The zero-order chi connectivity index (χ0) is 15.1. The number of benzene rings is 1. The molecular formula is C16H23FN2O2. The van der Waals surface area contributed by atoms with Gasteiger partial charge in [-0.25, -0.2) is 4.39 Å². The second kappa shape index (κ2) is 7.41. The van der Waals surface area contributed by atoms with Crippen molar-refractivity contribution in [2.45, 2.75) is 44.1 Å². The minimum Gasteiger partial charge on any atom is -0.494 e. The molecule has 0 aliphatic heterocycles. The first-order valence-corrected chi connectivity index (χ1v) is 7.53. The molecule has 0 aromatic heterocycles. The van der Waals surface area contributed by atoms with Gasteiger partial charge in [0.15, 0.2) is 0 Å². The van der Waals surface area contributed by atoms with E-state index in [2.05, 4.69) is 5.32 Å². The van der Waals surface area contributed by atoms with E-state index in [1.165, 1.54) is 12.1 Å². The van der Waals surface area contributed by atoms with Crippen molar-refractivity contribution in [3.63, 3.8) is 0 Å². The minimum atomic E-state index is -0.287. The van der Waals surface area contributed by atoms with Gasteiger partial charge >= 0.3 is 0 Å². The third-order valence-corrected chi connectivity index (χ3v) is 3.99. The molecule has 3 N–H and O–H groups in total. The molecule has 0 heterocycles. The first-order chi connectivity index (χ1) is 10.1. The Bertz CT molecular complexity index is 456. The van der Waals surface area contributed by atoms with Crippen molar-refractivity contribution >= 4 is 5.91 Å². The summed E-state index contributed by atoms with van der Waals surface area (Å²) in [5.41, 5.74) is 5.60. The van der Waals surface area contributed by atoms with Crippen molar-refractivity contribution in [2.24, 2.45) is 5.73 Å². The Labute approximate surface area is 124 Å². The third-order valence-electron chi connectivity index (χ3n) is 3.99. The average molecular weight is 294 g/mol. The smallest absolute Gasteiger partial charge is 0.220 e. The first kappa shape index (κ1) is 15.8. The molecule has 0 atom stereocenters. The summed E-state index contributed by atoms with van der Waals surface area (Å²) < 4.78 is 18.2. The lowest BCUT2D eigenvalue weighted by atomic mass is 9.97. The van der Waals surface area contributed by atoms with Crippen LogP contribution in [0, 0.1) is 5.82 Å². The standard InChI is InChI=1S/C16H23FN2O2/c17-13-5-7-14(8-6-13)21-11-3-4-15(20)19-16(12-18)9-1-2-10-16/h5-8H,1-4,9-12,18H2,(H,19,20). The molecule has 0 bridgehead atoms. The minimum absolute atomic E-state index is 0.0325. The van der Waals surface area contributed by atoms with Crippen molar-refractivity contribution in [1.29, 1.82) is 0 Å². The summed E-state index contributed by atoms with van der Waals surface area (Å²) in [6.45, 7) is 0.944. The highest BCUT2D eigenvalue weighted by molar-refractivity contribution is 5.76. The first-order valence-electron chi connectivity index (χ1n) is 7.53. The van der Waals surface area contributed by atoms with E-state index >= 15 is 0 Å². The van der Waals surface area contributed by atoms with E-state index in [4.69, 9.17) is 10.5 Å². The Hall–Kier alpha value is -1.62. The molecule has 5 heteroatoms. The number of hydrogen-bond acceptors (Lipinski definition) is 3. The topological polar surface area (TPSA) is 64.3 Å². The maximum absolute atomic E-state index is 12.7. The maximum Gasteiger partial charge on any atom is 0.220 e. The predicted molar refractivity (Wildman–Crippen MR) is 79.5 cm³/mol. The van der Waals surface area contributed by atoms with Crippen LogP contribution in [0.4, 0.5) is 4.39 Å². The highest BCUT2D eigenvalue weighted by Crippen LogP contribution is 2.28. The summed E-state index contributed by atoms with van der Waals surface area (Å²) in [4.78, 5) is 11.9. The molecule has 1 aliphatic rings. The molecule has 2 rings (SSSR count). The number of hydrogen-bond donors (Lipinski definition) is 2. The molecule has 0 spiro atoms. The summed E-state index contributed by atoms with van der Waals surface area (Å²) in [6, 6.07) is 5.87. The van der Waals surface area contributed by atoms with Crippen LogP contribution in [0.25, 0.3) is 0 Å². The van der Waals surface area contributed by atoms with Crippen LogP contribution in [0.2, 0.25) is 0 Å². The van der Waals surface area contributed by atoms with Gasteiger partial charge in [0.25, 0.3) is 0 Å². The lowest BCUT2D eigenvalue weighted by Crippen LogP contribution is -2.51. The number of rotatable bonds is 7. The van der Waals surface area contributed by atoms with E-state index in [1.54, 1.807) is 12.1 Å². The van der Waals surface area contributed by atoms with Gasteiger partial charge < -0.3 is 15.8 Å². The van der Waals surface area contributed by atoms with E-state index in [-0.39, 0.29) is 17.3 Å². The summed E-state index contributed by atoms with van der Waals surface area (Å²) in [6.07, 6.45) is 5.26. The van der Waals surface area contributed by atoms with Crippen molar-refractivity contribution in [1.82, 2.24) is 5.32 Å². The number of carbonyl (C=O) groups is 1. The molecule has 21 heavy (non-hydrogen) atoms. The molecule has 1 aliphatic carbocycles. The van der Waals surface area contributed by atoms with Crippen LogP contribution >= 0.6 is 0 Å². The normalized spacial score (nSPS) is 16.7. The Kier molecular flexibility index (Phi) is 5.56. The maximum atomic E-state index is 12.7. The molecule has 0 unspecified atom stereocenters. The Morgan fingerprint density at radius 3 is 2.57 bits per heavy atom. The predicted octanol–water partition coefficient (Wildman–Crippen LogP) is 2.37. The van der Waals surface area contributed by atoms with Crippen LogP contribution in [0.5, 0.6) is 5.75 Å². The lowest BCUT2D eigenvalue weighted by Gasteiger charge is -2.28. The van der Waals surface area contributed by atoms with Gasteiger partial charge in [-0.15, -0.1) is 0 Å². The highest BCUT2D eigenvalue weighted by atomic mass is 19.1. The van der Waals surface area contributed by atoms with Crippen molar-refractivity contribution in [2.75, 3.05) is 13.2 Å². The van der Waals surface area contributed by atoms with Gasteiger partial charge in [0.1, 0.15) is 11.6 Å². The molecule has 4 nitrogen and oxygen atoms in total. The van der Waals surface area contributed by atoms with Crippen molar-refractivity contribution in [3.05, 3.63) is 30.1 Å². The van der Waals surface area contributed by atoms with E-state index in [1.807, 2.05) is 0 Å². The van der Waals surface area contributed by atoms with Crippen molar-refractivity contribution in [3.8, 4) is 5.75 Å². The fourth-order valence-electron chi connectivity index (χ4n) is 2.74. The average Bonchev–Trinajstić information content (AvgIpc) is 2.94. The van der Waals surface area contributed by atoms with Crippen LogP contribution in [0.1, 0.15) is 38.5 Å². The summed E-state index contributed by atoms with van der Waals surface area (Å²) in [5, 5.41) is 3.08. The van der Waals surface area contributed by atoms with Gasteiger partial charge in [-0.05, 0) is 43.5 Å². The molecule has 0 radical (unpaired) electrons. The largest absolute Gasteiger partial charge is 0.494 e. The fraction of sp³-hybridized carbons (Fsp3) is 0.562. The fourth-order valence-corrected chi connectivity index (χ4v) is 2.74. The molecule has 0 saturated heterocycles. The molecule has 1 saturated carbocycles. The van der Waals surface area contributed by atoms with Crippen LogP contribution in [0.15, 0.2) is 24.3 Å². The molecule has 1 fully saturated rings. The van der Waals surface area contributed by atoms with Crippen molar-refractivity contribution < 1.29 is 13.9 Å². The number of nitrogens with two attached hydrogens (primary N) is 1. The Morgan fingerprint density at radius 2 is 1.95 bits per heavy atom. The molecule has 1 amide bonds. The number of ether oxygens (including phenoxy) is 1. The van der Waals surface area contributed by atoms with E-state index in [9.17, 15) is 9.18 Å². The number of halogens is 1. The molecule has 116 valence electrons. The SMILES string of the molecule is NCC1(NC(=O)CCCOc2ccc(F)cc2)CCCC1. The number of carbonyl (C=O) groups excluding carboxylic acids is 1. The third kappa shape index (κ3) is 4.70. The van der Waals surface area contributed by atoms with Gasteiger partial charge in [-0.1, -0.05) is 12.8 Å². The highest BCUT2D eigenvalue weighted by Gasteiger charge is 2.33. The Morgan fingerprint density at radius 1 is 1.29 bits per heavy atom. The summed E-state index contributed by atoms with van der Waals surface area (Å²) in [5.74, 6) is 0.362. The van der Waals surface area contributed by atoms with Crippen LogP contribution < -0.4 is 15.8 Å². The second-order valence-electron chi connectivity index (χ2n) is 5.65. The van der Waals surface area contributed by atoms with Crippen LogP contribution in [0.3, 0.4) is 0 Å². The summed E-state index contributed by atoms with van der Waals surface area (Å²) >= 11 is 0. The van der Waals surface area contributed by atoms with Gasteiger partial charge in [0.2, 0.25) is 5.91 Å². The zero-order valence-electron chi connectivity index (χ0n) is 12.2.